The lowest BCUT2D eigenvalue weighted by Gasteiger charge is -2.33. The zero-order chi connectivity index (χ0) is 14.5. The molecule has 0 atom stereocenters. The van der Waals surface area contributed by atoms with Crippen molar-refractivity contribution in [2.24, 2.45) is 5.92 Å². The van der Waals surface area contributed by atoms with Crippen LogP contribution in [0.2, 0.25) is 0 Å². The third kappa shape index (κ3) is 3.60. The largest absolute Gasteiger partial charge is 0.465 e. The Labute approximate surface area is 121 Å². The molecule has 1 aromatic rings. The van der Waals surface area contributed by atoms with Gasteiger partial charge in [0.25, 0.3) is 0 Å². The van der Waals surface area contributed by atoms with Crippen LogP contribution in [0.5, 0.6) is 0 Å². The minimum Gasteiger partial charge on any atom is -0.465 e. The van der Waals surface area contributed by atoms with Gasteiger partial charge in [0.15, 0.2) is 0 Å². The Hall–Kier alpha value is -1.35. The summed E-state index contributed by atoms with van der Waals surface area (Å²) >= 11 is 0. The van der Waals surface area contributed by atoms with Crippen LogP contribution in [0, 0.1) is 5.92 Å². The number of methoxy groups -OCH3 is 1. The van der Waals surface area contributed by atoms with Crippen molar-refractivity contribution >= 4 is 5.97 Å². The third-order valence-corrected chi connectivity index (χ3v) is 4.45. The Morgan fingerprint density at radius 1 is 1.25 bits per heavy atom. The number of hydrogen-bond donors (Lipinski definition) is 0. The molecule has 1 fully saturated rings. The highest BCUT2D eigenvalue weighted by atomic mass is 16.5. The van der Waals surface area contributed by atoms with Crippen LogP contribution < -0.4 is 0 Å². The lowest BCUT2D eigenvalue weighted by Crippen LogP contribution is -2.34. The molecule has 0 N–H and O–H groups in total. The van der Waals surface area contributed by atoms with Crippen LogP contribution in [0.15, 0.2) is 24.3 Å². The van der Waals surface area contributed by atoms with Crippen molar-refractivity contribution in [3.63, 3.8) is 0 Å². The Morgan fingerprint density at radius 3 is 2.55 bits per heavy atom. The highest BCUT2D eigenvalue weighted by molar-refractivity contribution is 5.90. The maximum absolute atomic E-state index is 11.8. The van der Waals surface area contributed by atoms with Crippen LogP contribution in [0.3, 0.4) is 0 Å². The van der Waals surface area contributed by atoms with Gasteiger partial charge in [0.2, 0.25) is 0 Å². The molecular weight excluding hydrogens is 250 g/mol. The molecule has 1 aliphatic carbocycles. The van der Waals surface area contributed by atoms with Crippen LogP contribution in [0.25, 0.3) is 0 Å². The first-order valence-corrected chi connectivity index (χ1v) is 7.48. The first-order chi connectivity index (χ1) is 9.61. The summed E-state index contributed by atoms with van der Waals surface area (Å²) in [5, 5.41) is 0. The molecular formula is C17H25NO2. The van der Waals surface area contributed by atoms with Gasteiger partial charge >= 0.3 is 5.97 Å². The average molecular weight is 275 g/mol. The van der Waals surface area contributed by atoms with Gasteiger partial charge in [0.1, 0.15) is 0 Å². The van der Waals surface area contributed by atoms with Gasteiger partial charge in [-0.3, -0.25) is 4.90 Å². The monoisotopic (exact) mass is 275 g/mol. The van der Waals surface area contributed by atoms with E-state index in [4.69, 9.17) is 4.74 Å². The molecule has 1 aliphatic rings. The van der Waals surface area contributed by atoms with E-state index in [1.807, 2.05) is 24.3 Å². The summed E-state index contributed by atoms with van der Waals surface area (Å²) in [6, 6.07) is 8.37. The van der Waals surface area contributed by atoms with E-state index in [1.54, 1.807) is 0 Å². The fourth-order valence-corrected chi connectivity index (χ4v) is 3.05. The smallest absolute Gasteiger partial charge is 0.338 e. The second-order valence-corrected chi connectivity index (χ2v) is 5.98. The molecule has 0 unspecified atom stereocenters. The van der Waals surface area contributed by atoms with Crippen LogP contribution in [0.4, 0.5) is 0 Å². The van der Waals surface area contributed by atoms with E-state index in [0.717, 1.165) is 18.0 Å². The molecule has 0 bridgehead atoms. The third-order valence-electron chi connectivity index (χ3n) is 4.45. The molecule has 0 saturated heterocycles. The molecule has 0 aliphatic heterocycles. The molecule has 3 heteroatoms. The molecule has 1 aromatic carbocycles. The van der Waals surface area contributed by atoms with Crippen molar-refractivity contribution in [2.75, 3.05) is 14.2 Å². The zero-order valence-corrected chi connectivity index (χ0v) is 12.8. The quantitative estimate of drug-likeness (QED) is 0.788. The van der Waals surface area contributed by atoms with Crippen molar-refractivity contribution in [3.05, 3.63) is 35.4 Å². The summed E-state index contributed by atoms with van der Waals surface area (Å²) in [6.45, 7) is 3.15. The van der Waals surface area contributed by atoms with Gasteiger partial charge in [-0.25, -0.2) is 4.79 Å². The molecule has 0 spiro atoms. The van der Waals surface area contributed by atoms with Crippen LogP contribution in [-0.4, -0.2) is 31.1 Å². The highest BCUT2D eigenvalue weighted by Gasteiger charge is 2.22. The molecule has 0 amide bonds. The summed E-state index contributed by atoms with van der Waals surface area (Å²) in [4.78, 5) is 14.2. The first kappa shape index (κ1) is 15.0. The minimum absolute atomic E-state index is 0.244. The van der Waals surface area contributed by atoms with E-state index in [0.29, 0.717) is 11.6 Å². The number of nitrogens with zero attached hydrogens (tertiary/aromatic N) is 1. The Morgan fingerprint density at radius 2 is 1.90 bits per heavy atom. The molecule has 20 heavy (non-hydrogen) atoms. The van der Waals surface area contributed by atoms with Gasteiger partial charge < -0.3 is 4.74 Å². The van der Waals surface area contributed by atoms with Crippen LogP contribution in [0.1, 0.15) is 48.5 Å². The van der Waals surface area contributed by atoms with Gasteiger partial charge in [0, 0.05) is 12.6 Å². The van der Waals surface area contributed by atoms with Gasteiger partial charge in [-0.05, 0) is 50.3 Å². The Balaban J connectivity index is 2.04. The van der Waals surface area contributed by atoms with E-state index in [2.05, 4.69) is 18.9 Å². The van der Waals surface area contributed by atoms with Crippen molar-refractivity contribution < 1.29 is 9.53 Å². The Kier molecular flexibility index (Phi) is 5.18. The maximum atomic E-state index is 11.8. The molecule has 0 radical (unpaired) electrons. The van der Waals surface area contributed by atoms with Crippen molar-refractivity contribution in [3.8, 4) is 0 Å². The van der Waals surface area contributed by atoms with Crippen LogP contribution in [-0.2, 0) is 11.3 Å². The second-order valence-electron chi connectivity index (χ2n) is 5.98. The fourth-order valence-electron chi connectivity index (χ4n) is 3.05. The summed E-state index contributed by atoms with van der Waals surface area (Å²) in [5.74, 6) is 0.619. The SMILES string of the molecule is COC(=O)c1ccccc1CN(C)C1CCC(C)CC1. The van der Waals surface area contributed by atoms with Gasteiger partial charge in [-0.15, -0.1) is 0 Å². The summed E-state index contributed by atoms with van der Waals surface area (Å²) < 4.78 is 4.86. The average Bonchev–Trinajstić information content (AvgIpc) is 2.47. The number of carbonyl (C=O) groups excluding carboxylic acids is 1. The lowest BCUT2D eigenvalue weighted by atomic mass is 9.86. The number of benzene rings is 1. The van der Waals surface area contributed by atoms with Crippen molar-refractivity contribution in [1.29, 1.82) is 0 Å². The number of esters is 1. The summed E-state index contributed by atoms with van der Waals surface area (Å²) in [5.41, 5.74) is 1.74. The number of hydrogen-bond acceptors (Lipinski definition) is 3. The molecule has 110 valence electrons. The van der Waals surface area contributed by atoms with Gasteiger partial charge in [0.05, 0.1) is 12.7 Å². The van der Waals surface area contributed by atoms with E-state index in [9.17, 15) is 4.79 Å². The molecule has 0 aromatic heterocycles. The molecule has 2 rings (SSSR count). The summed E-state index contributed by atoms with van der Waals surface area (Å²) in [7, 11) is 3.60. The lowest BCUT2D eigenvalue weighted by molar-refractivity contribution is 0.0597. The maximum Gasteiger partial charge on any atom is 0.338 e. The van der Waals surface area contributed by atoms with E-state index in [-0.39, 0.29) is 5.97 Å². The number of rotatable bonds is 4. The predicted molar refractivity (Wildman–Crippen MR) is 80.7 cm³/mol. The molecule has 0 heterocycles. The zero-order valence-electron chi connectivity index (χ0n) is 12.8. The molecule has 3 nitrogen and oxygen atoms in total. The van der Waals surface area contributed by atoms with Crippen LogP contribution >= 0.6 is 0 Å². The predicted octanol–water partition coefficient (Wildman–Crippen LogP) is 3.48. The van der Waals surface area contributed by atoms with Crippen molar-refractivity contribution in [2.45, 2.75) is 45.2 Å². The van der Waals surface area contributed by atoms with E-state index < -0.39 is 0 Å². The standard InChI is InChI=1S/C17H25NO2/c1-13-8-10-15(11-9-13)18(2)12-14-6-4-5-7-16(14)17(19)20-3/h4-7,13,15H,8-12H2,1-3H3. The van der Waals surface area contributed by atoms with Gasteiger partial charge in [-0.1, -0.05) is 25.1 Å². The van der Waals surface area contributed by atoms with E-state index >= 15 is 0 Å². The van der Waals surface area contributed by atoms with Gasteiger partial charge in [-0.2, -0.15) is 0 Å². The second kappa shape index (κ2) is 6.89. The van der Waals surface area contributed by atoms with Crippen molar-refractivity contribution in [1.82, 2.24) is 4.90 Å². The number of carbonyl (C=O) groups is 1. The van der Waals surface area contributed by atoms with E-state index in [1.165, 1.54) is 32.8 Å². The molecule has 1 saturated carbocycles. The fraction of sp³-hybridized carbons (Fsp3) is 0.588. The minimum atomic E-state index is -0.244. The topological polar surface area (TPSA) is 29.5 Å². The summed E-state index contributed by atoms with van der Waals surface area (Å²) in [6.07, 6.45) is 5.15. The first-order valence-electron chi connectivity index (χ1n) is 7.48. The Bertz CT molecular complexity index is 450. The highest BCUT2D eigenvalue weighted by Crippen LogP contribution is 2.27. The normalized spacial score (nSPS) is 22.8. The number of ether oxygens (including phenoxy) is 1.